The molecular weight excluding hydrogens is 336 g/mol. The molecule has 0 aliphatic heterocycles. The van der Waals surface area contributed by atoms with Crippen LogP contribution in [0.15, 0.2) is 30.7 Å². The number of hydrogen-bond donors (Lipinski definition) is 2. The monoisotopic (exact) mass is 348 g/mol. The zero-order chi connectivity index (χ0) is 16.4. The predicted molar refractivity (Wildman–Crippen MR) is 92.3 cm³/mol. The summed E-state index contributed by atoms with van der Waals surface area (Å²) in [6, 6.07) is 3.62. The van der Waals surface area contributed by atoms with Gasteiger partial charge in [-0.15, -0.1) is 0 Å². The Morgan fingerprint density at radius 1 is 1.17 bits per heavy atom. The molecular formula is C14H13ClN6OS. The standard InChI is InChI=1S/C14H13ClN6OS/c1-8-18-7-9(15)14(19-8)20-11-4-3-10-12(17-6-5-16-10)13(11)21-23(2)22/h3-7,21H,1-2H3,(H,18,19,20). The van der Waals surface area contributed by atoms with E-state index in [9.17, 15) is 4.21 Å². The van der Waals surface area contributed by atoms with E-state index in [1.54, 1.807) is 31.6 Å². The van der Waals surface area contributed by atoms with Crippen molar-refractivity contribution >= 4 is 50.8 Å². The molecule has 0 saturated carbocycles. The van der Waals surface area contributed by atoms with Crippen molar-refractivity contribution in [3.63, 3.8) is 0 Å². The van der Waals surface area contributed by atoms with Gasteiger partial charge in [0, 0.05) is 18.6 Å². The molecule has 0 aliphatic carbocycles. The number of nitrogens with one attached hydrogen (secondary N) is 2. The fourth-order valence-electron chi connectivity index (χ4n) is 2.06. The molecule has 1 unspecified atom stereocenters. The molecule has 0 fully saturated rings. The van der Waals surface area contributed by atoms with Crippen LogP contribution in [0.2, 0.25) is 5.02 Å². The van der Waals surface area contributed by atoms with E-state index in [0.717, 1.165) is 0 Å². The lowest BCUT2D eigenvalue weighted by molar-refractivity contribution is 0.690. The lowest BCUT2D eigenvalue weighted by Gasteiger charge is -2.14. The first-order valence-corrected chi connectivity index (χ1v) is 8.58. The molecule has 1 atom stereocenters. The van der Waals surface area contributed by atoms with Crippen molar-refractivity contribution in [3.05, 3.63) is 41.6 Å². The van der Waals surface area contributed by atoms with E-state index < -0.39 is 11.0 Å². The highest BCUT2D eigenvalue weighted by molar-refractivity contribution is 7.85. The Morgan fingerprint density at radius 2 is 1.96 bits per heavy atom. The summed E-state index contributed by atoms with van der Waals surface area (Å²) in [6.45, 7) is 1.77. The van der Waals surface area contributed by atoms with Crippen LogP contribution in [-0.4, -0.2) is 30.4 Å². The van der Waals surface area contributed by atoms with Crippen molar-refractivity contribution in [1.82, 2.24) is 19.9 Å². The van der Waals surface area contributed by atoms with E-state index in [-0.39, 0.29) is 0 Å². The molecule has 9 heteroatoms. The number of benzene rings is 1. The van der Waals surface area contributed by atoms with Crippen LogP contribution in [0.5, 0.6) is 0 Å². The number of anilines is 3. The highest BCUT2D eigenvalue weighted by Crippen LogP contribution is 2.33. The number of hydrogen-bond acceptors (Lipinski definition) is 6. The van der Waals surface area contributed by atoms with E-state index in [1.807, 2.05) is 6.07 Å². The Morgan fingerprint density at radius 3 is 2.74 bits per heavy atom. The van der Waals surface area contributed by atoms with E-state index in [0.29, 0.717) is 39.1 Å². The second-order valence-corrected chi connectivity index (χ2v) is 6.23. The molecule has 0 aliphatic rings. The van der Waals surface area contributed by atoms with Gasteiger partial charge in [-0.2, -0.15) is 0 Å². The topological polar surface area (TPSA) is 92.7 Å². The average molecular weight is 349 g/mol. The van der Waals surface area contributed by atoms with Crippen molar-refractivity contribution in [3.8, 4) is 0 Å². The average Bonchev–Trinajstić information content (AvgIpc) is 2.52. The van der Waals surface area contributed by atoms with E-state index in [4.69, 9.17) is 11.6 Å². The molecule has 3 rings (SSSR count). The zero-order valence-corrected chi connectivity index (χ0v) is 13.9. The summed E-state index contributed by atoms with van der Waals surface area (Å²) in [6.07, 6.45) is 6.25. The first-order chi connectivity index (χ1) is 11.0. The Labute approximate surface area is 140 Å². The molecule has 2 N–H and O–H groups in total. The van der Waals surface area contributed by atoms with Crippen LogP contribution in [-0.2, 0) is 11.0 Å². The van der Waals surface area contributed by atoms with Crippen molar-refractivity contribution in [2.45, 2.75) is 6.92 Å². The maximum absolute atomic E-state index is 11.7. The molecule has 1 aromatic carbocycles. The Balaban J connectivity index is 2.12. The Bertz CT molecular complexity index is 904. The fraction of sp³-hybridized carbons (Fsp3) is 0.143. The molecule has 23 heavy (non-hydrogen) atoms. The molecule has 2 aromatic heterocycles. The number of nitrogens with zero attached hydrogens (tertiary/aromatic N) is 4. The van der Waals surface area contributed by atoms with Crippen LogP contribution in [0.3, 0.4) is 0 Å². The minimum atomic E-state index is -1.27. The highest BCUT2D eigenvalue weighted by atomic mass is 35.5. The largest absolute Gasteiger partial charge is 0.337 e. The maximum Gasteiger partial charge on any atom is 0.153 e. The number of fused-ring (bicyclic) bond motifs is 1. The second kappa shape index (κ2) is 6.43. The Hall–Kier alpha value is -2.32. The molecule has 0 saturated heterocycles. The molecule has 0 radical (unpaired) electrons. The number of aromatic nitrogens is 4. The normalized spacial score (nSPS) is 12.1. The number of rotatable bonds is 4. The van der Waals surface area contributed by atoms with E-state index >= 15 is 0 Å². The summed E-state index contributed by atoms with van der Waals surface area (Å²) in [7, 11) is -1.27. The highest BCUT2D eigenvalue weighted by Gasteiger charge is 2.13. The first-order valence-electron chi connectivity index (χ1n) is 6.64. The SMILES string of the molecule is Cc1ncc(Cl)c(Nc2ccc3nccnc3c2NS(C)=O)n1. The first kappa shape index (κ1) is 15.6. The van der Waals surface area contributed by atoms with Gasteiger partial charge in [0.1, 0.15) is 27.3 Å². The van der Waals surface area contributed by atoms with Crippen LogP contribution in [0.4, 0.5) is 17.2 Å². The van der Waals surface area contributed by atoms with Crippen molar-refractivity contribution in [2.24, 2.45) is 0 Å². The van der Waals surface area contributed by atoms with Gasteiger partial charge in [-0.1, -0.05) is 11.6 Å². The van der Waals surface area contributed by atoms with Gasteiger partial charge in [-0.3, -0.25) is 9.97 Å². The maximum atomic E-state index is 11.7. The van der Waals surface area contributed by atoms with Crippen molar-refractivity contribution < 1.29 is 4.21 Å². The lowest BCUT2D eigenvalue weighted by Crippen LogP contribution is -2.07. The molecule has 7 nitrogen and oxygen atoms in total. The van der Waals surface area contributed by atoms with E-state index in [1.165, 1.54) is 6.20 Å². The zero-order valence-electron chi connectivity index (χ0n) is 12.4. The van der Waals surface area contributed by atoms with E-state index in [2.05, 4.69) is 30.0 Å². The van der Waals surface area contributed by atoms with Crippen LogP contribution in [0, 0.1) is 6.92 Å². The smallest absolute Gasteiger partial charge is 0.153 e. The minimum absolute atomic E-state index is 0.387. The second-order valence-electron chi connectivity index (χ2n) is 4.71. The summed E-state index contributed by atoms with van der Waals surface area (Å²) < 4.78 is 14.5. The third-order valence-corrected chi connectivity index (χ3v) is 3.77. The lowest BCUT2D eigenvalue weighted by atomic mass is 10.2. The third-order valence-electron chi connectivity index (χ3n) is 3.00. The van der Waals surface area contributed by atoms with Gasteiger partial charge < -0.3 is 10.0 Å². The summed E-state index contributed by atoms with van der Waals surface area (Å²) in [4.78, 5) is 16.9. The third kappa shape index (κ3) is 3.38. The summed E-state index contributed by atoms with van der Waals surface area (Å²) in [5.74, 6) is 1.05. The van der Waals surface area contributed by atoms with Crippen LogP contribution >= 0.6 is 11.6 Å². The van der Waals surface area contributed by atoms with Gasteiger partial charge in [-0.05, 0) is 19.1 Å². The van der Waals surface area contributed by atoms with Gasteiger partial charge >= 0.3 is 0 Å². The van der Waals surface area contributed by atoms with Gasteiger partial charge in [0.25, 0.3) is 0 Å². The van der Waals surface area contributed by atoms with Crippen LogP contribution < -0.4 is 10.0 Å². The van der Waals surface area contributed by atoms with Crippen molar-refractivity contribution in [1.29, 1.82) is 0 Å². The molecule has 2 heterocycles. The van der Waals surface area contributed by atoms with Crippen molar-refractivity contribution in [2.75, 3.05) is 16.3 Å². The summed E-state index contributed by atoms with van der Waals surface area (Å²) >= 11 is 6.13. The predicted octanol–water partition coefficient (Wildman–Crippen LogP) is 2.83. The van der Waals surface area contributed by atoms with Gasteiger partial charge in [0.15, 0.2) is 5.82 Å². The van der Waals surface area contributed by atoms with Gasteiger partial charge in [0.2, 0.25) is 0 Å². The molecule has 0 bridgehead atoms. The number of aryl methyl sites for hydroxylation is 1. The minimum Gasteiger partial charge on any atom is -0.337 e. The Kier molecular flexibility index (Phi) is 4.35. The molecule has 0 amide bonds. The van der Waals surface area contributed by atoms with Crippen LogP contribution in [0.25, 0.3) is 11.0 Å². The van der Waals surface area contributed by atoms with Gasteiger partial charge in [0.05, 0.1) is 23.1 Å². The molecule has 118 valence electrons. The molecule has 0 spiro atoms. The molecule has 3 aromatic rings. The van der Waals surface area contributed by atoms with Gasteiger partial charge in [-0.25, -0.2) is 14.2 Å². The summed E-state index contributed by atoms with van der Waals surface area (Å²) in [5.41, 5.74) is 2.52. The number of halogens is 1. The van der Waals surface area contributed by atoms with Crippen LogP contribution in [0.1, 0.15) is 5.82 Å². The quantitative estimate of drug-likeness (QED) is 0.753. The summed E-state index contributed by atoms with van der Waals surface area (Å²) in [5, 5.41) is 3.52. The fourth-order valence-corrected chi connectivity index (χ4v) is 2.69.